The second kappa shape index (κ2) is 7.79. The van der Waals surface area contributed by atoms with E-state index in [0.717, 1.165) is 18.4 Å². The van der Waals surface area contributed by atoms with E-state index in [-0.39, 0.29) is 29.3 Å². The number of amides is 1. The average Bonchev–Trinajstić information content (AvgIpc) is 3.14. The number of benzene rings is 1. The summed E-state index contributed by atoms with van der Waals surface area (Å²) in [6.07, 6.45) is 7.32. The summed E-state index contributed by atoms with van der Waals surface area (Å²) in [4.78, 5) is 23.0. The lowest BCUT2D eigenvalue weighted by molar-refractivity contribution is 0.0753. The van der Waals surface area contributed by atoms with Crippen molar-refractivity contribution in [3.63, 3.8) is 0 Å². The third-order valence-corrected chi connectivity index (χ3v) is 4.25. The molecule has 0 saturated carbocycles. The molecular weight excluding hydrogens is 318 g/mol. The van der Waals surface area contributed by atoms with Gasteiger partial charge in [-0.05, 0) is 18.4 Å². The Morgan fingerprint density at radius 1 is 1.16 bits per heavy atom. The van der Waals surface area contributed by atoms with Gasteiger partial charge in [0.2, 0.25) is 11.8 Å². The van der Waals surface area contributed by atoms with Crippen LogP contribution in [0.4, 0.5) is 0 Å². The van der Waals surface area contributed by atoms with Gasteiger partial charge in [0.25, 0.3) is 5.91 Å². The van der Waals surface area contributed by atoms with Crippen molar-refractivity contribution in [1.29, 1.82) is 0 Å². The molecule has 1 amide bonds. The monoisotopic (exact) mass is 339 g/mol. The summed E-state index contributed by atoms with van der Waals surface area (Å²) < 4.78 is 10.5. The Morgan fingerprint density at radius 2 is 1.84 bits per heavy atom. The second-order valence-corrected chi connectivity index (χ2v) is 5.75. The van der Waals surface area contributed by atoms with Gasteiger partial charge in [-0.25, -0.2) is 9.97 Å². The van der Waals surface area contributed by atoms with E-state index < -0.39 is 0 Å². The number of ether oxygens (including phenoxy) is 2. The SMILES string of the molecule is COc1ncnc(OC)c1C(=O)N1CCC[C@H]1C=Cc1ccccc1. The maximum absolute atomic E-state index is 13.1. The number of nitrogens with zero attached hydrogens (tertiary/aromatic N) is 3. The van der Waals surface area contributed by atoms with Crippen molar-refractivity contribution < 1.29 is 14.3 Å². The van der Waals surface area contributed by atoms with Gasteiger partial charge in [-0.3, -0.25) is 4.79 Å². The van der Waals surface area contributed by atoms with Crippen molar-refractivity contribution in [2.24, 2.45) is 0 Å². The van der Waals surface area contributed by atoms with E-state index >= 15 is 0 Å². The van der Waals surface area contributed by atoms with Gasteiger partial charge < -0.3 is 14.4 Å². The smallest absolute Gasteiger partial charge is 0.265 e. The number of carbonyl (C=O) groups excluding carboxylic acids is 1. The first-order valence-corrected chi connectivity index (χ1v) is 8.21. The Morgan fingerprint density at radius 3 is 2.48 bits per heavy atom. The Hall–Kier alpha value is -2.89. The summed E-state index contributed by atoms with van der Waals surface area (Å²) in [5, 5.41) is 0. The highest BCUT2D eigenvalue weighted by molar-refractivity contribution is 5.99. The highest BCUT2D eigenvalue weighted by atomic mass is 16.5. The standard InChI is InChI=1S/C19H21N3O3/c1-24-17-16(18(25-2)21-13-20-17)19(23)22-12-6-9-15(22)11-10-14-7-4-3-5-8-14/h3-5,7-8,10-11,13,15H,6,9,12H2,1-2H3/t15-/m0/s1. The Labute approximate surface area is 147 Å². The highest BCUT2D eigenvalue weighted by Gasteiger charge is 2.32. The number of hydrogen-bond acceptors (Lipinski definition) is 5. The molecule has 1 aromatic heterocycles. The van der Waals surface area contributed by atoms with Crippen LogP contribution in [0.2, 0.25) is 0 Å². The minimum atomic E-state index is -0.172. The fourth-order valence-electron chi connectivity index (χ4n) is 3.02. The maximum Gasteiger partial charge on any atom is 0.265 e. The molecule has 3 rings (SSSR count). The van der Waals surface area contributed by atoms with E-state index in [9.17, 15) is 4.79 Å². The van der Waals surface area contributed by atoms with Crippen LogP contribution < -0.4 is 9.47 Å². The van der Waals surface area contributed by atoms with Crippen LogP contribution in [0.15, 0.2) is 42.7 Å². The van der Waals surface area contributed by atoms with E-state index in [1.54, 1.807) is 0 Å². The zero-order valence-corrected chi connectivity index (χ0v) is 14.4. The Bertz CT molecular complexity index is 740. The molecule has 6 nitrogen and oxygen atoms in total. The van der Waals surface area contributed by atoms with Gasteiger partial charge in [-0.2, -0.15) is 0 Å². The molecule has 0 bridgehead atoms. The summed E-state index contributed by atoms with van der Waals surface area (Å²) in [5.74, 6) is 0.290. The number of likely N-dealkylation sites (tertiary alicyclic amines) is 1. The largest absolute Gasteiger partial charge is 0.480 e. The molecule has 2 aromatic rings. The number of hydrogen-bond donors (Lipinski definition) is 0. The third-order valence-electron chi connectivity index (χ3n) is 4.25. The molecule has 2 heterocycles. The molecule has 0 unspecified atom stereocenters. The molecule has 25 heavy (non-hydrogen) atoms. The lowest BCUT2D eigenvalue weighted by Gasteiger charge is -2.23. The summed E-state index contributed by atoms with van der Waals surface area (Å²) in [7, 11) is 2.96. The van der Waals surface area contributed by atoms with Gasteiger partial charge in [0.15, 0.2) is 5.56 Å². The molecule has 1 saturated heterocycles. The van der Waals surface area contributed by atoms with Crippen LogP contribution in [0.3, 0.4) is 0 Å². The van der Waals surface area contributed by atoms with Crippen molar-refractivity contribution in [3.05, 3.63) is 53.9 Å². The zero-order chi connectivity index (χ0) is 17.6. The number of aromatic nitrogens is 2. The van der Waals surface area contributed by atoms with Gasteiger partial charge in [0, 0.05) is 6.54 Å². The fraction of sp³-hybridized carbons (Fsp3) is 0.316. The predicted octanol–water partition coefficient (Wildman–Crippen LogP) is 2.81. The Kier molecular flexibility index (Phi) is 5.28. The maximum atomic E-state index is 13.1. The second-order valence-electron chi connectivity index (χ2n) is 5.75. The van der Waals surface area contributed by atoms with Crippen LogP contribution in [0.5, 0.6) is 11.8 Å². The number of methoxy groups -OCH3 is 2. The highest BCUT2D eigenvalue weighted by Crippen LogP contribution is 2.29. The minimum Gasteiger partial charge on any atom is -0.480 e. The molecule has 0 radical (unpaired) electrons. The molecule has 6 heteroatoms. The molecule has 1 aromatic carbocycles. The van der Waals surface area contributed by atoms with E-state index in [0.29, 0.717) is 6.54 Å². The van der Waals surface area contributed by atoms with Crippen LogP contribution >= 0.6 is 0 Å². The third kappa shape index (κ3) is 3.63. The van der Waals surface area contributed by atoms with Crippen LogP contribution in [0, 0.1) is 0 Å². The van der Waals surface area contributed by atoms with E-state index in [4.69, 9.17) is 9.47 Å². The van der Waals surface area contributed by atoms with Gasteiger partial charge >= 0.3 is 0 Å². The first-order chi connectivity index (χ1) is 12.2. The summed E-state index contributed by atoms with van der Waals surface area (Å²) in [5.41, 5.74) is 1.38. The van der Waals surface area contributed by atoms with Crippen molar-refractivity contribution in [2.45, 2.75) is 18.9 Å². The van der Waals surface area contributed by atoms with Crippen molar-refractivity contribution >= 4 is 12.0 Å². The van der Waals surface area contributed by atoms with Gasteiger partial charge in [0.05, 0.1) is 20.3 Å². The molecule has 1 fully saturated rings. The normalized spacial score (nSPS) is 17.0. The van der Waals surface area contributed by atoms with Crippen molar-refractivity contribution in [1.82, 2.24) is 14.9 Å². The summed E-state index contributed by atoms with van der Waals surface area (Å²) in [6, 6.07) is 10.1. The van der Waals surface area contributed by atoms with Crippen LogP contribution in [0.25, 0.3) is 6.08 Å². The lowest BCUT2D eigenvalue weighted by Crippen LogP contribution is -2.35. The first kappa shape index (κ1) is 17.0. The Balaban J connectivity index is 1.85. The van der Waals surface area contributed by atoms with Gasteiger partial charge in [-0.1, -0.05) is 42.5 Å². The fourth-order valence-corrected chi connectivity index (χ4v) is 3.02. The zero-order valence-electron chi connectivity index (χ0n) is 14.4. The quantitative estimate of drug-likeness (QED) is 0.838. The predicted molar refractivity (Wildman–Crippen MR) is 94.7 cm³/mol. The minimum absolute atomic E-state index is 0.0299. The molecule has 1 aliphatic rings. The van der Waals surface area contributed by atoms with E-state index in [2.05, 4.69) is 16.0 Å². The van der Waals surface area contributed by atoms with E-state index in [1.807, 2.05) is 41.3 Å². The molecule has 1 aliphatic heterocycles. The molecule has 0 spiro atoms. The van der Waals surface area contributed by atoms with Crippen LogP contribution in [0.1, 0.15) is 28.8 Å². The lowest BCUT2D eigenvalue weighted by atomic mass is 10.1. The topological polar surface area (TPSA) is 64.6 Å². The average molecular weight is 339 g/mol. The number of carbonyl (C=O) groups is 1. The molecular formula is C19H21N3O3. The molecule has 1 atom stereocenters. The van der Waals surface area contributed by atoms with E-state index in [1.165, 1.54) is 20.5 Å². The van der Waals surface area contributed by atoms with Crippen molar-refractivity contribution in [3.8, 4) is 11.8 Å². The molecule has 0 N–H and O–H groups in total. The summed E-state index contributed by atoms with van der Waals surface area (Å²) in [6.45, 7) is 0.684. The van der Waals surface area contributed by atoms with Gasteiger partial charge in [0.1, 0.15) is 6.33 Å². The first-order valence-electron chi connectivity index (χ1n) is 8.21. The van der Waals surface area contributed by atoms with Crippen LogP contribution in [-0.4, -0.2) is 47.6 Å². The summed E-state index contributed by atoms with van der Waals surface area (Å²) >= 11 is 0. The number of rotatable bonds is 5. The molecule has 130 valence electrons. The molecule has 0 aliphatic carbocycles. The van der Waals surface area contributed by atoms with Crippen molar-refractivity contribution in [2.75, 3.05) is 20.8 Å². The van der Waals surface area contributed by atoms with Crippen LogP contribution in [-0.2, 0) is 0 Å². The van der Waals surface area contributed by atoms with Gasteiger partial charge in [-0.15, -0.1) is 0 Å².